The first-order chi connectivity index (χ1) is 8.83. The molecule has 108 valence electrons. The van der Waals surface area contributed by atoms with Gasteiger partial charge in [-0.25, -0.2) is 0 Å². The zero-order chi connectivity index (χ0) is 14.5. The Kier molecular flexibility index (Phi) is 5.86. The fraction of sp³-hybridized carbons (Fsp3) is 0.647. The van der Waals surface area contributed by atoms with Crippen molar-refractivity contribution in [3.8, 4) is 0 Å². The van der Waals surface area contributed by atoms with Crippen molar-refractivity contribution in [1.29, 1.82) is 0 Å². The first-order valence-electron chi connectivity index (χ1n) is 7.44. The average molecular weight is 262 g/mol. The molecule has 0 radical (unpaired) electrons. The molecule has 0 amide bonds. The second-order valence-corrected chi connectivity index (χ2v) is 6.56. The summed E-state index contributed by atoms with van der Waals surface area (Å²) in [5.41, 5.74) is 2.85. The lowest BCUT2D eigenvalue weighted by Gasteiger charge is -2.29. The Morgan fingerprint density at radius 2 is 1.68 bits per heavy atom. The van der Waals surface area contributed by atoms with E-state index >= 15 is 0 Å². The Morgan fingerprint density at radius 3 is 2.11 bits per heavy atom. The van der Waals surface area contributed by atoms with Gasteiger partial charge in [-0.15, -0.1) is 0 Å². The Balaban J connectivity index is 2.69. The lowest BCUT2D eigenvalue weighted by atomic mass is 10.1. The molecule has 0 saturated heterocycles. The van der Waals surface area contributed by atoms with Gasteiger partial charge in [0.1, 0.15) is 0 Å². The van der Waals surface area contributed by atoms with Crippen LogP contribution in [0, 0.1) is 0 Å². The molecule has 19 heavy (non-hydrogen) atoms. The molecule has 0 aromatic heterocycles. The maximum Gasteiger partial charge on any atom is 0.0368 e. The fourth-order valence-electron chi connectivity index (χ4n) is 2.10. The Hall–Kier alpha value is -1.02. The first-order valence-corrected chi connectivity index (χ1v) is 7.44. The number of hydrogen-bond donors (Lipinski definition) is 1. The van der Waals surface area contributed by atoms with Gasteiger partial charge in [0.25, 0.3) is 0 Å². The Bertz CT molecular complexity index is 360. The molecule has 0 fully saturated rings. The number of rotatable bonds is 6. The molecule has 0 atom stereocenters. The molecule has 2 nitrogen and oxygen atoms in total. The third kappa shape index (κ3) is 5.65. The van der Waals surface area contributed by atoms with E-state index in [4.69, 9.17) is 0 Å². The zero-order valence-electron chi connectivity index (χ0n) is 13.5. The van der Waals surface area contributed by atoms with Crippen molar-refractivity contribution in [1.82, 2.24) is 5.32 Å². The smallest absolute Gasteiger partial charge is 0.0368 e. The highest BCUT2D eigenvalue weighted by Gasteiger charge is 2.10. The van der Waals surface area contributed by atoms with Crippen LogP contribution in [-0.2, 0) is 6.54 Å². The highest BCUT2D eigenvalue weighted by atomic mass is 15.1. The summed E-state index contributed by atoms with van der Waals surface area (Å²) >= 11 is 0. The molecule has 0 unspecified atom stereocenters. The van der Waals surface area contributed by atoms with E-state index in [1.54, 1.807) is 0 Å². The van der Waals surface area contributed by atoms with Crippen LogP contribution in [0.25, 0.3) is 0 Å². The molecule has 1 aromatic rings. The molecule has 1 N–H and O–H groups in total. The van der Waals surface area contributed by atoms with Gasteiger partial charge < -0.3 is 10.2 Å². The van der Waals surface area contributed by atoms with Gasteiger partial charge in [0.2, 0.25) is 0 Å². The molecule has 2 heteroatoms. The SMILES string of the molecule is CCCN(c1ccc(CNC(C)(C)C)cc1)C(C)C. The summed E-state index contributed by atoms with van der Waals surface area (Å²) in [5.74, 6) is 0. The fourth-order valence-corrected chi connectivity index (χ4v) is 2.10. The van der Waals surface area contributed by atoms with E-state index < -0.39 is 0 Å². The molecule has 0 heterocycles. The normalized spacial score (nSPS) is 11.9. The van der Waals surface area contributed by atoms with E-state index in [2.05, 4.69) is 76.0 Å². The molecular weight excluding hydrogens is 232 g/mol. The molecule has 1 rings (SSSR count). The third-order valence-corrected chi connectivity index (χ3v) is 3.18. The van der Waals surface area contributed by atoms with Crippen molar-refractivity contribution in [3.05, 3.63) is 29.8 Å². The predicted octanol–water partition coefficient (Wildman–Crippen LogP) is 4.20. The summed E-state index contributed by atoms with van der Waals surface area (Å²) in [6, 6.07) is 9.52. The van der Waals surface area contributed by atoms with Crippen LogP contribution in [0.15, 0.2) is 24.3 Å². The van der Waals surface area contributed by atoms with Crippen molar-refractivity contribution in [2.75, 3.05) is 11.4 Å². The van der Waals surface area contributed by atoms with Crippen molar-refractivity contribution >= 4 is 5.69 Å². The minimum atomic E-state index is 0.171. The number of hydrogen-bond acceptors (Lipinski definition) is 2. The number of nitrogens with one attached hydrogen (secondary N) is 1. The van der Waals surface area contributed by atoms with Crippen molar-refractivity contribution in [3.63, 3.8) is 0 Å². The molecule has 0 aliphatic rings. The lowest BCUT2D eigenvalue weighted by molar-refractivity contribution is 0.424. The number of anilines is 1. The van der Waals surface area contributed by atoms with E-state index in [9.17, 15) is 0 Å². The molecule has 0 aliphatic carbocycles. The highest BCUT2D eigenvalue weighted by Crippen LogP contribution is 2.18. The van der Waals surface area contributed by atoms with Crippen LogP contribution < -0.4 is 10.2 Å². The lowest BCUT2D eigenvalue weighted by Crippen LogP contribution is -2.35. The maximum absolute atomic E-state index is 3.52. The van der Waals surface area contributed by atoms with Crippen LogP contribution >= 0.6 is 0 Å². The quantitative estimate of drug-likeness (QED) is 0.826. The van der Waals surface area contributed by atoms with Crippen LogP contribution in [0.5, 0.6) is 0 Å². The van der Waals surface area contributed by atoms with Crippen LogP contribution in [0.2, 0.25) is 0 Å². The van der Waals surface area contributed by atoms with Crippen molar-refractivity contribution in [2.24, 2.45) is 0 Å². The van der Waals surface area contributed by atoms with Gasteiger partial charge in [0, 0.05) is 30.4 Å². The van der Waals surface area contributed by atoms with E-state index in [0.29, 0.717) is 6.04 Å². The summed E-state index contributed by atoms with van der Waals surface area (Å²) in [5, 5.41) is 3.52. The number of benzene rings is 1. The van der Waals surface area contributed by atoms with E-state index in [-0.39, 0.29) is 5.54 Å². The van der Waals surface area contributed by atoms with Gasteiger partial charge in [-0.05, 0) is 58.7 Å². The minimum Gasteiger partial charge on any atom is -0.369 e. The molecule has 0 saturated carbocycles. The standard InChI is InChI=1S/C17H30N2/c1-7-12-19(14(2)3)16-10-8-15(9-11-16)13-18-17(4,5)6/h8-11,14,18H,7,12-13H2,1-6H3. The van der Waals surface area contributed by atoms with Crippen LogP contribution in [-0.4, -0.2) is 18.1 Å². The molecular formula is C17H30N2. The average Bonchev–Trinajstić information content (AvgIpc) is 2.33. The monoisotopic (exact) mass is 262 g/mol. The zero-order valence-corrected chi connectivity index (χ0v) is 13.5. The van der Waals surface area contributed by atoms with Gasteiger partial charge in [0.05, 0.1) is 0 Å². The van der Waals surface area contributed by atoms with Crippen LogP contribution in [0.1, 0.15) is 53.5 Å². The molecule has 0 spiro atoms. The third-order valence-electron chi connectivity index (χ3n) is 3.18. The second kappa shape index (κ2) is 6.95. The second-order valence-electron chi connectivity index (χ2n) is 6.56. The summed E-state index contributed by atoms with van der Waals surface area (Å²) in [6.45, 7) is 15.4. The van der Waals surface area contributed by atoms with Crippen molar-refractivity contribution < 1.29 is 0 Å². The summed E-state index contributed by atoms with van der Waals surface area (Å²) in [7, 11) is 0. The topological polar surface area (TPSA) is 15.3 Å². The molecule has 1 aromatic carbocycles. The highest BCUT2D eigenvalue weighted by molar-refractivity contribution is 5.48. The largest absolute Gasteiger partial charge is 0.369 e. The molecule has 0 bridgehead atoms. The van der Waals surface area contributed by atoms with Gasteiger partial charge in [-0.2, -0.15) is 0 Å². The minimum absolute atomic E-state index is 0.171. The summed E-state index contributed by atoms with van der Waals surface area (Å²) in [4.78, 5) is 2.46. The predicted molar refractivity (Wildman–Crippen MR) is 85.8 cm³/mol. The van der Waals surface area contributed by atoms with Gasteiger partial charge >= 0.3 is 0 Å². The van der Waals surface area contributed by atoms with Gasteiger partial charge in [-0.3, -0.25) is 0 Å². The van der Waals surface area contributed by atoms with Gasteiger partial charge in [-0.1, -0.05) is 19.1 Å². The Labute approximate surface area is 119 Å². The van der Waals surface area contributed by atoms with Crippen LogP contribution in [0.3, 0.4) is 0 Å². The maximum atomic E-state index is 3.52. The van der Waals surface area contributed by atoms with E-state index in [1.807, 2.05) is 0 Å². The Morgan fingerprint density at radius 1 is 1.11 bits per heavy atom. The summed E-state index contributed by atoms with van der Waals surface area (Å²) in [6.07, 6.45) is 1.19. The summed E-state index contributed by atoms with van der Waals surface area (Å²) < 4.78 is 0. The van der Waals surface area contributed by atoms with E-state index in [1.165, 1.54) is 17.7 Å². The number of nitrogens with zero attached hydrogens (tertiary/aromatic N) is 1. The molecule has 0 aliphatic heterocycles. The van der Waals surface area contributed by atoms with E-state index in [0.717, 1.165) is 13.1 Å². The van der Waals surface area contributed by atoms with Gasteiger partial charge in [0.15, 0.2) is 0 Å². The van der Waals surface area contributed by atoms with Crippen molar-refractivity contribution in [2.45, 2.75) is 66.1 Å². The first kappa shape index (κ1) is 16.0. The van der Waals surface area contributed by atoms with Crippen LogP contribution in [0.4, 0.5) is 5.69 Å².